The maximum atomic E-state index is 14.6. The van der Waals surface area contributed by atoms with Gasteiger partial charge in [-0.3, -0.25) is 5.10 Å². The van der Waals surface area contributed by atoms with E-state index in [1.165, 1.54) is 28.8 Å². The van der Waals surface area contributed by atoms with Crippen LogP contribution in [0.5, 0.6) is 0 Å². The quantitative estimate of drug-likeness (QED) is 0.588. The molecule has 2 aliphatic heterocycles. The number of aromatic amines is 1. The number of sulfonamides is 1. The fraction of sp³-hybridized carbons (Fsp3) is 0.318. The smallest absolute Gasteiger partial charge is 0.211 e. The first kappa shape index (κ1) is 22.4. The van der Waals surface area contributed by atoms with E-state index in [-0.39, 0.29) is 11.4 Å². The van der Waals surface area contributed by atoms with Gasteiger partial charge in [-0.2, -0.15) is 9.40 Å². The summed E-state index contributed by atoms with van der Waals surface area (Å²) >= 11 is 0. The van der Waals surface area contributed by atoms with Gasteiger partial charge in [0.2, 0.25) is 10.0 Å². The van der Waals surface area contributed by atoms with Gasteiger partial charge in [-0.15, -0.1) is 0 Å². The summed E-state index contributed by atoms with van der Waals surface area (Å²) in [5.41, 5.74) is 3.22. The summed E-state index contributed by atoms with van der Waals surface area (Å²) in [6.45, 7) is 5.27. The van der Waals surface area contributed by atoms with E-state index >= 15 is 0 Å². The van der Waals surface area contributed by atoms with Crippen molar-refractivity contribution in [2.24, 2.45) is 4.99 Å². The predicted octanol–water partition coefficient (Wildman–Crippen LogP) is 2.95. The van der Waals surface area contributed by atoms with Crippen LogP contribution in [0.3, 0.4) is 0 Å². The molecule has 1 aromatic carbocycles. The van der Waals surface area contributed by atoms with Gasteiger partial charge in [-0.05, 0) is 32.0 Å². The number of hydrogen-bond donors (Lipinski definition) is 2. The number of anilines is 2. The molecule has 2 aromatic heterocycles. The molecule has 1 saturated heterocycles. The van der Waals surface area contributed by atoms with Gasteiger partial charge >= 0.3 is 0 Å². The Hall–Kier alpha value is -3.38. The molecular formula is C22H23F2N7O2S. The molecule has 0 bridgehead atoms. The Morgan fingerprint density at radius 2 is 1.74 bits per heavy atom. The summed E-state index contributed by atoms with van der Waals surface area (Å²) < 4.78 is 54.4. The zero-order chi connectivity index (χ0) is 24.2. The van der Waals surface area contributed by atoms with Crippen LogP contribution >= 0.6 is 0 Å². The van der Waals surface area contributed by atoms with E-state index in [0.717, 1.165) is 0 Å². The third-order valence-electron chi connectivity index (χ3n) is 6.05. The third kappa shape index (κ3) is 3.82. The average molecular weight is 488 g/mol. The molecule has 2 N–H and O–H groups in total. The Morgan fingerprint density at radius 3 is 2.38 bits per heavy atom. The molecular weight excluding hydrogens is 464 g/mol. The molecule has 12 heteroatoms. The SMILES string of the molecule is Cc1nc(N2CCN(S(C)(=O)=O)CC2)cc2c1N=C(c1c(F)cccc1F)Nc1c-2n[nH]c1C. The number of hydrogen-bond acceptors (Lipinski definition) is 7. The highest BCUT2D eigenvalue weighted by molar-refractivity contribution is 7.88. The number of nitrogens with one attached hydrogen (secondary N) is 2. The van der Waals surface area contributed by atoms with Crippen LogP contribution in [0, 0.1) is 25.5 Å². The van der Waals surface area contributed by atoms with Crippen LogP contribution < -0.4 is 10.2 Å². The molecule has 0 unspecified atom stereocenters. The Balaban J connectivity index is 1.62. The van der Waals surface area contributed by atoms with Gasteiger partial charge in [-0.25, -0.2) is 27.2 Å². The molecule has 1 fully saturated rings. The number of nitrogens with zero attached hydrogens (tertiary/aromatic N) is 5. The number of fused-ring (bicyclic) bond motifs is 3. The van der Waals surface area contributed by atoms with Crippen molar-refractivity contribution in [1.29, 1.82) is 0 Å². The van der Waals surface area contributed by atoms with Gasteiger partial charge in [0.25, 0.3) is 0 Å². The molecule has 9 nitrogen and oxygen atoms in total. The van der Waals surface area contributed by atoms with Crippen molar-refractivity contribution < 1.29 is 17.2 Å². The number of aryl methyl sites for hydroxylation is 2. The van der Waals surface area contributed by atoms with E-state index in [9.17, 15) is 17.2 Å². The van der Waals surface area contributed by atoms with E-state index in [4.69, 9.17) is 0 Å². The summed E-state index contributed by atoms with van der Waals surface area (Å²) in [6, 6.07) is 5.50. The highest BCUT2D eigenvalue weighted by atomic mass is 32.2. The van der Waals surface area contributed by atoms with Gasteiger partial charge in [-0.1, -0.05) is 6.07 Å². The van der Waals surface area contributed by atoms with Crippen LogP contribution in [0.25, 0.3) is 11.3 Å². The Morgan fingerprint density at radius 1 is 1.06 bits per heavy atom. The molecule has 0 saturated carbocycles. The second-order valence-electron chi connectivity index (χ2n) is 8.37. The fourth-order valence-corrected chi connectivity index (χ4v) is 5.09. The van der Waals surface area contributed by atoms with Crippen molar-refractivity contribution in [2.45, 2.75) is 13.8 Å². The van der Waals surface area contributed by atoms with Crippen LogP contribution in [0.15, 0.2) is 29.3 Å². The second kappa shape index (κ2) is 8.13. The molecule has 3 aromatic rings. The topological polar surface area (TPSA) is 107 Å². The largest absolute Gasteiger partial charge is 0.354 e. The number of rotatable bonds is 3. The van der Waals surface area contributed by atoms with E-state index < -0.39 is 21.7 Å². The van der Waals surface area contributed by atoms with E-state index in [1.807, 2.05) is 11.0 Å². The molecule has 0 aliphatic carbocycles. The summed E-state index contributed by atoms with van der Waals surface area (Å²) in [7, 11) is -3.25. The Bertz CT molecular complexity index is 1410. The van der Waals surface area contributed by atoms with Crippen molar-refractivity contribution in [2.75, 3.05) is 42.7 Å². The van der Waals surface area contributed by atoms with Gasteiger partial charge in [0.15, 0.2) is 0 Å². The maximum Gasteiger partial charge on any atom is 0.211 e. The molecule has 5 rings (SSSR count). The molecule has 0 amide bonds. The number of H-pyrrole nitrogens is 1. The number of aromatic nitrogens is 3. The minimum atomic E-state index is -3.25. The lowest BCUT2D eigenvalue weighted by Crippen LogP contribution is -2.48. The predicted molar refractivity (Wildman–Crippen MR) is 126 cm³/mol. The van der Waals surface area contributed by atoms with Crippen molar-refractivity contribution in [3.63, 3.8) is 0 Å². The number of piperazine rings is 1. The van der Waals surface area contributed by atoms with E-state index in [1.54, 1.807) is 13.8 Å². The van der Waals surface area contributed by atoms with Crippen molar-refractivity contribution >= 4 is 33.1 Å². The standard InChI is InChI=1S/C22H23F2N7O2S/c1-12-19-14(11-17(25-12)30-7-9-31(10-8-30)34(3,32)33)21-20(13(2)28-29-21)27-22(26-19)18-15(23)5-4-6-16(18)24/h4-6,11H,7-10H2,1-3H3,(H,26,27)(H,28,29). The lowest BCUT2D eigenvalue weighted by molar-refractivity contribution is 0.387. The van der Waals surface area contributed by atoms with Crippen LogP contribution in [0.2, 0.25) is 0 Å². The van der Waals surface area contributed by atoms with Crippen LogP contribution in [0.4, 0.5) is 26.0 Å². The molecule has 0 spiro atoms. The summed E-state index contributed by atoms with van der Waals surface area (Å²) in [5.74, 6) is -0.780. The minimum absolute atomic E-state index is 0.0273. The molecule has 0 radical (unpaired) electrons. The number of benzene rings is 1. The van der Waals surface area contributed by atoms with E-state index in [0.29, 0.717) is 66.0 Å². The lowest BCUT2D eigenvalue weighted by atomic mass is 10.1. The van der Waals surface area contributed by atoms with Gasteiger partial charge in [0.1, 0.15) is 29.0 Å². The second-order valence-corrected chi connectivity index (χ2v) is 10.3. The average Bonchev–Trinajstić information content (AvgIpc) is 3.05. The Labute approximate surface area is 195 Å². The lowest BCUT2D eigenvalue weighted by Gasteiger charge is -2.34. The number of halogens is 2. The van der Waals surface area contributed by atoms with Gasteiger partial charge in [0, 0.05) is 31.7 Å². The van der Waals surface area contributed by atoms with Crippen molar-refractivity contribution in [3.8, 4) is 11.3 Å². The molecule has 4 heterocycles. The highest BCUT2D eigenvalue weighted by Gasteiger charge is 2.29. The number of amidine groups is 1. The number of aliphatic imine (C=N–C) groups is 1. The summed E-state index contributed by atoms with van der Waals surface area (Å²) in [4.78, 5) is 11.3. The fourth-order valence-electron chi connectivity index (χ4n) is 4.26. The van der Waals surface area contributed by atoms with Crippen LogP contribution in [0.1, 0.15) is 17.0 Å². The molecule has 0 atom stereocenters. The minimum Gasteiger partial charge on any atom is -0.354 e. The monoisotopic (exact) mass is 487 g/mol. The molecule has 2 aliphatic rings. The highest BCUT2D eigenvalue weighted by Crippen LogP contribution is 2.42. The molecule has 34 heavy (non-hydrogen) atoms. The van der Waals surface area contributed by atoms with Crippen molar-refractivity contribution in [3.05, 3.63) is 52.9 Å². The van der Waals surface area contributed by atoms with Gasteiger partial charge in [0.05, 0.1) is 34.6 Å². The summed E-state index contributed by atoms with van der Waals surface area (Å²) in [5, 5.41) is 10.4. The normalized spacial score (nSPS) is 16.4. The van der Waals surface area contributed by atoms with E-state index in [2.05, 4.69) is 25.5 Å². The Kier molecular flexibility index (Phi) is 5.36. The third-order valence-corrected chi connectivity index (χ3v) is 7.36. The zero-order valence-corrected chi connectivity index (χ0v) is 19.7. The first-order valence-electron chi connectivity index (χ1n) is 10.7. The van der Waals surface area contributed by atoms with Crippen LogP contribution in [-0.2, 0) is 10.0 Å². The van der Waals surface area contributed by atoms with Crippen molar-refractivity contribution in [1.82, 2.24) is 19.5 Å². The number of pyridine rings is 1. The maximum absolute atomic E-state index is 14.6. The van der Waals surface area contributed by atoms with Crippen LogP contribution in [-0.4, -0.2) is 66.2 Å². The first-order valence-corrected chi connectivity index (χ1v) is 12.6. The first-order chi connectivity index (χ1) is 16.1. The van der Waals surface area contributed by atoms with Gasteiger partial charge < -0.3 is 10.2 Å². The summed E-state index contributed by atoms with van der Waals surface area (Å²) in [6.07, 6.45) is 1.20. The molecule has 178 valence electrons. The zero-order valence-electron chi connectivity index (χ0n) is 18.9.